The van der Waals surface area contributed by atoms with Crippen molar-refractivity contribution >= 4 is 29.0 Å². The minimum atomic E-state index is -0.572. The molecule has 0 saturated heterocycles. The number of carbonyl (C=O) groups is 1. The number of anilines is 1. The number of nitrogens with one attached hydrogen (secondary N) is 1. The zero-order valence-corrected chi connectivity index (χ0v) is 13.3. The number of rotatable bonds is 3. The fraction of sp³-hybridized carbons (Fsp3) is 0.176. The Morgan fingerprint density at radius 3 is 2.61 bits per heavy atom. The van der Waals surface area contributed by atoms with Gasteiger partial charge in [-0.1, -0.05) is 17.7 Å². The van der Waals surface area contributed by atoms with Crippen LogP contribution in [0.1, 0.15) is 15.9 Å². The van der Waals surface area contributed by atoms with Crippen molar-refractivity contribution in [2.24, 2.45) is 4.99 Å². The Morgan fingerprint density at radius 2 is 2.00 bits per heavy atom. The molecule has 1 aliphatic rings. The predicted molar refractivity (Wildman–Crippen MR) is 89.8 cm³/mol. The lowest BCUT2D eigenvalue weighted by atomic mass is 10.1. The van der Waals surface area contributed by atoms with Gasteiger partial charge >= 0.3 is 0 Å². The zero-order valence-electron chi connectivity index (χ0n) is 12.5. The van der Waals surface area contributed by atoms with Gasteiger partial charge in [-0.2, -0.15) is 0 Å². The molecular formula is C17H15ClFN3O. The van der Waals surface area contributed by atoms with Gasteiger partial charge in [0.05, 0.1) is 12.1 Å². The quantitative estimate of drug-likeness (QED) is 0.936. The van der Waals surface area contributed by atoms with E-state index in [-0.39, 0.29) is 5.56 Å². The van der Waals surface area contributed by atoms with Gasteiger partial charge in [0.15, 0.2) is 0 Å². The first kappa shape index (κ1) is 15.5. The summed E-state index contributed by atoms with van der Waals surface area (Å²) in [7, 11) is 1.91. The number of carbonyl (C=O) groups excluding carboxylic acids is 1. The largest absolute Gasteiger partial charge is 0.358 e. The number of nitrogens with zero attached hydrogens (tertiary/aromatic N) is 2. The van der Waals surface area contributed by atoms with Gasteiger partial charge in [-0.3, -0.25) is 9.79 Å². The number of amidine groups is 1. The number of hydrogen-bond donors (Lipinski definition) is 1. The summed E-state index contributed by atoms with van der Waals surface area (Å²) >= 11 is 5.79. The first-order chi connectivity index (χ1) is 11.0. The number of amides is 1. The molecule has 0 atom stereocenters. The summed E-state index contributed by atoms with van der Waals surface area (Å²) in [6.07, 6.45) is 0. The highest BCUT2D eigenvalue weighted by Gasteiger charge is 2.18. The van der Waals surface area contributed by atoms with Gasteiger partial charge in [0.1, 0.15) is 11.7 Å². The van der Waals surface area contributed by atoms with E-state index in [4.69, 9.17) is 11.6 Å². The zero-order chi connectivity index (χ0) is 16.4. The molecule has 1 N–H and O–H groups in total. The van der Waals surface area contributed by atoms with Gasteiger partial charge in [-0.05, 0) is 36.4 Å². The molecule has 0 radical (unpaired) electrons. The Balaban J connectivity index is 1.80. The minimum Gasteiger partial charge on any atom is -0.358 e. The molecule has 2 aromatic rings. The summed E-state index contributed by atoms with van der Waals surface area (Å²) in [4.78, 5) is 18.5. The molecule has 0 aromatic heterocycles. The van der Waals surface area contributed by atoms with Gasteiger partial charge in [-0.15, -0.1) is 0 Å². The van der Waals surface area contributed by atoms with Crippen molar-refractivity contribution in [3.8, 4) is 0 Å². The maximum absolute atomic E-state index is 14.3. The topological polar surface area (TPSA) is 44.7 Å². The third kappa shape index (κ3) is 3.35. The average molecular weight is 332 g/mol. The summed E-state index contributed by atoms with van der Waals surface area (Å²) < 4.78 is 14.3. The molecule has 0 fully saturated rings. The molecule has 118 valence electrons. The van der Waals surface area contributed by atoms with Gasteiger partial charge in [-0.25, -0.2) is 4.39 Å². The van der Waals surface area contributed by atoms with Crippen LogP contribution < -0.4 is 5.32 Å². The van der Waals surface area contributed by atoms with Crippen LogP contribution in [0.15, 0.2) is 47.5 Å². The normalized spacial score (nSPS) is 13.9. The van der Waals surface area contributed by atoms with E-state index < -0.39 is 11.7 Å². The van der Waals surface area contributed by atoms with Crippen molar-refractivity contribution < 1.29 is 9.18 Å². The van der Waals surface area contributed by atoms with E-state index >= 15 is 0 Å². The van der Waals surface area contributed by atoms with E-state index in [9.17, 15) is 9.18 Å². The molecule has 1 aliphatic heterocycles. The van der Waals surface area contributed by atoms with Crippen LogP contribution in [-0.2, 0) is 0 Å². The monoisotopic (exact) mass is 331 g/mol. The molecule has 1 amide bonds. The summed E-state index contributed by atoms with van der Waals surface area (Å²) in [6, 6.07) is 11.2. The highest BCUT2D eigenvalue weighted by atomic mass is 35.5. The lowest BCUT2D eigenvalue weighted by Crippen LogP contribution is -2.24. The van der Waals surface area contributed by atoms with Crippen LogP contribution in [0, 0.1) is 5.82 Å². The summed E-state index contributed by atoms with van der Waals surface area (Å²) in [5.41, 5.74) is 1.22. The Bertz CT molecular complexity index is 774. The number of benzene rings is 2. The summed E-state index contributed by atoms with van der Waals surface area (Å²) in [6.45, 7) is 1.52. The Hall–Kier alpha value is -2.40. The third-order valence-corrected chi connectivity index (χ3v) is 3.88. The molecule has 2 aromatic carbocycles. The summed E-state index contributed by atoms with van der Waals surface area (Å²) in [5.74, 6) is -0.330. The molecule has 0 aliphatic carbocycles. The highest BCUT2D eigenvalue weighted by Crippen LogP contribution is 2.18. The van der Waals surface area contributed by atoms with Crippen LogP contribution in [0.25, 0.3) is 0 Å². The third-order valence-electron chi connectivity index (χ3n) is 3.63. The van der Waals surface area contributed by atoms with Crippen molar-refractivity contribution in [2.45, 2.75) is 0 Å². The molecule has 0 spiro atoms. The van der Waals surface area contributed by atoms with Crippen molar-refractivity contribution in [3.63, 3.8) is 0 Å². The fourth-order valence-corrected chi connectivity index (χ4v) is 2.54. The highest BCUT2D eigenvalue weighted by molar-refractivity contribution is 6.30. The molecule has 23 heavy (non-hydrogen) atoms. The first-order valence-electron chi connectivity index (χ1n) is 7.17. The molecule has 3 rings (SSSR count). The van der Waals surface area contributed by atoms with Gasteiger partial charge in [0, 0.05) is 29.9 Å². The van der Waals surface area contributed by atoms with Crippen LogP contribution in [0.4, 0.5) is 10.1 Å². The van der Waals surface area contributed by atoms with E-state index in [0.29, 0.717) is 22.8 Å². The standard InChI is InChI=1S/C17H15ClFN3O/c1-22-9-8-20-16(22)11-2-7-14(15(19)10-11)17(23)21-13-5-3-12(18)4-6-13/h2-7,10H,8-9H2,1H3,(H,21,23). The first-order valence-corrected chi connectivity index (χ1v) is 7.55. The molecule has 1 heterocycles. The number of halogens is 2. The fourth-order valence-electron chi connectivity index (χ4n) is 2.41. The van der Waals surface area contributed by atoms with Crippen LogP contribution in [0.2, 0.25) is 5.02 Å². The Labute approximate surface area is 138 Å². The van der Waals surface area contributed by atoms with Gasteiger partial charge < -0.3 is 10.2 Å². The smallest absolute Gasteiger partial charge is 0.258 e. The van der Waals surface area contributed by atoms with Crippen LogP contribution in [0.3, 0.4) is 0 Å². The van der Waals surface area contributed by atoms with E-state index in [2.05, 4.69) is 10.3 Å². The number of aliphatic imine (C=N–C) groups is 1. The second kappa shape index (κ2) is 6.38. The molecular weight excluding hydrogens is 317 g/mol. The Kier molecular flexibility index (Phi) is 4.30. The molecule has 0 bridgehead atoms. The molecule has 0 unspecified atom stereocenters. The lowest BCUT2D eigenvalue weighted by Gasteiger charge is -2.14. The second-order valence-corrected chi connectivity index (χ2v) is 5.72. The Morgan fingerprint density at radius 1 is 1.26 bits per heavy atom. The maximum Gasteiger partial charge on any atom is 0.258 e. The second-order valence-electron chi connectivity index (χ2n) is 5.28. The van der Waals surface area contributed by atoms with E-state index in [1.54, 1.807) is 30.3 Å². The van der Waals surface area contributed by atoms with Crippen LogP contribution in [-0.4, -0.2) is 36.8 Å². The van der Waals surface area contributed by atoms with E-state index in [1.165, 1.54) is 12.1 Å². The summed E-state index contributed by atoms with van der Waals surface area (Å²) in [5, 5.41) is 3.22. The van der Waals surface area contributed by atoms with E-state index in [1.807, 2.05) is 11.9 Å². The van der Waals surface area contributed by atoms with E-state index in [0.717, 1.165) is 12.4 Å². The molecule has 6 heteroatoms. The van der Waals surface area contributed by atoms with Crippen molar-refractivity contribution in [1.82, 2.24) is 4.90 Å². The minimum absolute atomic E-state index is 0.00931. The van der Waals surface area contributed by atoms with Crippen molar-refractivity contribution in [1.29, 1.82) is 0 Å². The number of hydrogen-bond acceptors (Lipinski definition) is 3. The van der Waals surface area contributed by atoms with Crippen molar-refractivity contribution in [2.75, 3.05) is 25.5 Å². The lowest BCUT2D eigenvalue weighted by molar-refractivity contribution is 0.102. The molecule has 4 nitrogen and oxygen atoms in total. The van der Waals surface area contributed by atoms with Gasteiger partial charge in [0.2, 0.25) is 0 Å². The van der Waals surface area contributed by atoms with Gasteiger partial charge in [0.25, 0.3) is 5.91 Å². The predicted octanol–water partition coefficient (Wildman–Crippen LogP) is 3.42. The average Bonchev–Trinajstić information content (AvgIpc) is 2.95. The van der Waals surface area contributed by atoms with Crippen LogP contribution in [0.5, 0.6) is 0 Å². The number of likely N-dealkylation sites (N-methyl/N-ethyl adjacent to an activating group) is 1. The SMILES string of the molecule is CN1CCN=C1c1ccc(C(=O)Nc2ccc(Cl)cc2)c(F)c1. The maximum atomic E-state index is 14.3. The van der Waals surface area contributed by atoms with Crippen LogP contribution >= 0.6 is 11.6 Å². The molecule has 0 saturated carbocycles. The van der Waals surface area contributed by atoms with Crippen molar-refractivity contribution in [3.05, 3.63) is 64.4 Å².